The van der Waals surface area contributed by atoms with Crippen LogP contribution in [0.3, 0.4) is 0 Å². The van der Waals surface area contributed by atoms with Gasteiger partial charge in [0.2, 0.25) is 0 Å². The molecule has 1 rings (SSSR count). The molecule has 78 valence electrons. The van der Waals surface area contributed by atoms with Gasteiger partial charge < -0.3 is 10.0 Å². The molecule has 0 bridgehead atoms. The number of carboxylic acid groups (broad SMARTS) is 1. The Bertz CT molecular complexity index is 326. The van der Waals surface area contributed by atoms with E-state index in [0.717, 1.165) is 9.47 Å². The van der Waals surface area contributed by atoms with Crippen LogP contribution in [0.1, 0.15) is 13.3 Å². The van der Waals surface area contributed by atoms with E-state index in [1.807, 2.05) is 30.3 Å². The fraction of sp³-hybridized carbons (Fsp3) is 0.444. The lowest BCUT2D eigenvalue weighted by atomic mass is 10.2. The Balaban J connectivity index is 2.65. The molecule has 0 aliphatic heterocycles. The summed E-state index contributed by atoms with van der Waals surface area (Å²) in [4.78, 5) is 12.5. The SMILES string of the molecule is CC(CC(=O)O)N(C)c1cc(Br)cs1. The quantitative estimate of drug-likeness (QED) is 0.920. The van der Waals surface area contributed by atoms with Crippen LogP contribution in [0.4, 0.5) is 5.00 Å². The predicted octanol–water partition coefficient (Wildman–Crippen LogP) is 2.81. The largest absolute Gasteiger partial charge is 0.481 e. The van der Waals surface area contributed by atoms with Crippen molar-refractivity contribution in [1.29, 1.82) is 0 Å². The van der Waals surface area contributed by atoms with E-state index < -0.39 is 5.97 Å². The standard InChI is InChI=1S/C9H12BrNO2S/c1-6(3-9(12)13)11(2)8-4-7(10)5-14-8/h4-6H,3H2,1-2H3,(H,12,13). The molecule has 0 fully saturated rings. The number of thiophene rings is 1. The molecule has 0 aliphatic carbocycles. The molecule has 0 saturated carbocycles. The molecule has 3 nitrogen and oxygen atoms in total. The van der Waals surface area contributed by atoms with Crippen molar-refractivity contribution in [3.8, 4) is 0 Å². The first-order valence-corrected chi connectivity index (χ1v) is 5.86. The monoisotopic (exact) mass is 277 g/mol. The molecule has 1 heterocycles. The van der Waals surface area contributed by atoms with Crippen molar-refractivity contribution >= 4 is 38.2 Å². The number of nitrogens with zero attached hydrogens (tertiary/aromatic N) is 1. The summed E-state index contributed by atoms with van der Waals surface area (Å²) < 4.78 is 1.03. The number of hydrogen-bond donors (Lipinski definition) is 1. The van der Waals surface area contributed by atoms with Crippen LogP contribution in [0, 0.1) is 0 Å². The third-order valence-electron chi connectivity index (χ3n) is 2.03. The lowest BCUT2D eigenvalue weighted by molar-refractivity contribution is -0.137. The van der Waals surface area contributed by atoms with Crippen LogP contribution in [-0.4, -0.2) is 24.2 Å². The summed E-state index contributed by atoms with van der Waals surface area (Å²) in [5, 5.41) is 11.7. The first-order chi connectivity index (χ1) is 6.50. The highest BCUT2D eigenvalue weighted by molar-refractivity contribution is 9.10. The number of halogens is 1. The van der Waals surface area contributed by atoms with E-state index in [4.69, 9.17) is 5.11 Å². The van der Waals surface area contributed by atoms with Crippen LogP contribution in [-0.2, 0) is 4.79 Å². The first-order valence-electron chi connectivity index (χ1n) is 4.19. The molecule has 0 spiro atoms. The van der Waals surface area contributed by atoms with Gasteiger partial charge in [0.25, 0.3) is 0 Å². The molecular formula is C9H12BrNO2S. The van der Waals surface area contributed by atoms with Crippen LogP contribution >= 0.6 is 27.3 Å². The molecule has 1 aromatic heterocycles. The van der Waals surface area contributed by atoms with Crippen molar-refractivity contribution in [1.82, 2.24) is 0 Å². The Labute approximate surface area is 95.5 Å². The van der Waals surface area contributed by atoms with Crippen molar-refractivity contribution in [2.75, 3.05) is 11.9 Å². The fourth-order valence-corrected chi connectivity index (χ4v) is 2.59. The molecule has 14 heavy (non-hydrogen) atoms. The number of carboxylic acids is 1. The predicted molar refractivity (Wildman–Crippen MR) is 62.1 cm³/mol. The van der Waals surface area contributed by atoms with Gasteiger partial charge in [-0.15, -0.1) is 11.3 Å². The van der Waals surface area contributed by atoms with Gasteiger partial charge in [0, 0.05) is 22.9 Å². The molecule has 0 radical (unpaired) electrons. The van der Waals surface area contributed by atoms with Crippen molar-refractivity contribution < 1.29 is 9.90 Å². The summed E-state index contributed by atoms with van der Waals surface area (Å²) >= 11 is 4.97. The topological polar surface area (TPSA) is 40.5 Å². The summed E-state index contributed by atoms with van der Waals surface area (Å²) in [5.74, 6) is -0.764. The van der Waals surface area contributed by atoms with Crippen molar-refractivity contribution in [3.63, 3.8) is 0 Å². The van der Waals surface area contributed by atoms with E-state index in [2.05, 4.69) is 15.9 Å². The first kappa shape index (κ1) is 11.5. The average molecular weight is 278 g/mol. The molecule has 1 unspecified atom stereocenters. The molecule has 0 saturated heterocycles. The van der Waals surface area contributed by atoms with Crippen LogP contribution in [0.5, 0.6) is 0 Å². The molecule has 0 amide bonds. The highest BCUT2D eigenvalue weighted by Crippen LogP contribution is 2.28. The average Bonchev–Trinajstić information content (AvgIpc) is 2.49. The molecule has 5 heteroatoms. The Morgan fingerprint density at radius 1 is 1.79 bits per heavy atom. The van der Waals surface area contributed by atoms with Crippen LogP contribution < -0.4 is 4.90 Å². The third kappa shape index (κ3) is 2.99. The fourth-order valence-electron chi connectivity index (χ4n) is 1.09. The number of rotatable bonds is 4. The third-order valence-corrected chi connectivity index (χ3v) is 3.81. The maximum Gasteiger partial charge on any atom is 0.305 e. The normalized spacial score (nSPS) is 12.5. The van der Waals surface area contributed by atoms with Crippen LogP contribution in [0.2, 0.25) is 0 Å². The molecule has 1 N–H and O–H groups in total. The summed E-state index contributed by atoms with van der Waals surface area (Å²) in [6, 6.07) is 2.00. The minimum atomic E-state index is -0.764. The summed E-state index contributed by atoms with van der Waals surface area (Å²) in [6.45, 7) is 1.90. The van der Waals surface area contributed by atoms with Crippen molar-refractivity contribution in [2.45, 2.75) is 19.4 Å². The van der Waals surface area contributed by atoms with Crippen LogP contribution in [0.25, 0.3) is 0 Å². The van der Waals surface area contributed by atoms with E-state index in [1.54, 1.807) is 11.3 Å². The lowest BCUT2D eigenvalue weighted by Crippen LogP contribution is -2.30. The number of carbonyl (C=O) groups is 1. The Kier molecular flexibility index (Phi) is 3.95. The maximum atomic E-state index is 10.5. The van der Waals surface area contributed by atoms with Gasteiger partial charge in [0.15, 0.2) is 0 Å². The molecular weight excluding hydrogens is 266 g/mol. The second-order valence-corrected chi connectivity index (χ2v) is 4.97. The second kappa shape index (κ2) is 4.79. The number of hydrogen-bond acceptors (Lipinski definition) is 3. The van der Waals surface area contributed by atoms with E-state index in [-0.39, 0.29) is 12.5 Å². The molecule has 1 aromatic rings. The van der Waals surface area contributed by atoms with Gasteiger partial charge in [-0.25, -0.2) is 0 Å². The summed E-state index contributed by atoms with van der Waals surface area (Å²) in [7, 11) is 1.91. The number of anilines is 1. The maximum absolute atomic E-state index is 10.5. The Hall–Kier alpha value is -0.550. The smallest absolute Gasteiger partial charge is 0.305 e. The van der Waals surface area contributed by atoms with E-state index in [0.29, 0.717) is 0 Å². The summed E-state index contributed by atoms with van der Waals surface area (Å²) in [6.07, 6.45) is 0.159. The highest BCUT2D eigenvalue weighted by Gasteiger charge is 2.14. The molecule has 1 atom stereocenters. The van der Waals surface area contributed by atoms with Gasteiger partial charge in [0.05, 0.1) is 11.4 Å². The Morgan fingerprint density at radius 3 is 2.86 bits per heavy atom. The zero-order chi connectivity index (χ0) is 10.7. The molecule has 0 aromatic carbocycles. The zero-order valence-electron chi connectivity index (χ0n) is 8.03. The van der Waals surface area contributed by atoms with E-state index in [9.17, 15) is 4.79 Å². The lowest BCUT2D eigenvalue weighted by Gasteiger charge is -2.23. The highest BCUT2D eigenvalue weighted by atomic mass is 79.9. The molecule has 0 aliphatic rings. The van der Waals surface area contributed by atoms with E-state index >= 15 is 0 Å². The summed E-state index contributed by atoms with van der Waals surface area (Å²) in [5.41, 5.74) is 0. The Morgan fingerprint density at radius 2 is 2.43 bits per heavy atom. The van der Waals surface area contributed by atoms with Gasteiger partial charge in [-0.1, -0.05) is 0 Å². The van der Waals surface area contributed by atoms with Gasteiger partial charge in [-0.3, -0.25) is 4.79 Å². The minimum Gasteiger partial charge on any atom is -0.481 e. The van der Waals surface area contributed by atoms with Gasteiger partial charge >= 0.3 is 5.97 Å². The zero-order valence-corrected chi connectivity index (χ0v) is 10.4. The number of aliphatic carboxylic acids is 1. The van der Waals surface area contributed by atoms with Crippen molar-refractivity contribution in [3.05, 3.63) is 15.9 Å². The minimum absolute atomic E-state index is 0.0121. The van der Waals surface area contributed by atoms with Gasteiger partial charge in [0.1, 0.15) is 0 Å². The second-order valence-electron chi connectivity index (χ2n) is 3.16. The van der Waals surface area contributed by atoms with Crippen LogP contribution in [0.15, 0.2) is 15.9 Å². The van der Waals surface area contributed by atoms with Crippen molar-refractivity contribution in [2.24, 2.45) is 0 Å². The van der Waals surface area contributed by atoms with Gasteiger partial charge in [-0.2, -0.15) is 0 Å². The van der Waals surface area contributed by atoms with Gasteiger partial charge in [-0.05, 0) is 28.9 Å². The van der Waals surface area contributed by atoms with E-state index in [1.165, 1.54) is 0 Å².